The smallest absolute Gasteiger partial charge is 0.344 e. The predicted molar refractivity (Wildman–Crippen MR) is 112 cm³/mol. The van der Waals surface area contributed by atoms with E-state index < -0.39 is 10.9 Å². The van der Waals surface area contributed by atoms with Gasteiger partial charge in [0.2, 0.25) is 0 Å². The molecule has 0 aliphatic rings. The zero-order chi connectivity index (χ0) is 21.0. The van der Waals surface area contributed by atoms with Crippen LogP contribution in [0, 0.1) is 17.0 Å². The van der Waals surface area contributed by atoms with Crippen molar-refractivity contribution in [1.29, 1.82) is 0 Å². The number of carbonyl (C=O) groups excluding carboxylic acids is 1. The zero-order valence-corrected chi connectivity index (χ0v) is 16.8. The Bertz CT molecular complexity index is 1130. The largest absolute Gasteiger partial charge is 0.507 e. The third-order valence-corrected chi connectivity index (χ3v) is 4.74. The summed E-state index contributed by atoms with van der Waals surface area (Å²) in [7, 11) is 0. The lowest BCUT2D eigenvalue weighted by Crippen LogP contribution is -2.09. The summed E-state index contributed by atoms with van der Waals surface area (Å²) in [6, 6.07) is 15.6. The van der Waals surface area contributed by atoms with Crippen molar-refractivity contribution in [3.8, 4) is 11.5 Å². The highest BCUT2D eigenvalue weighted by Gasteiger charge is 2.13. The molecule has 0 unspecified atom stereocenters. The first-order valence-electron chi connectivity index (χ1n) is 8.44. The number of benzene rings is 3. The molecule has 0 radical (unpaired) electrons. The average Bonchev–Trinajstić information content (AvgIpc) is 2.68. The average molecular weight is 455 g/mol. The topological polar surface area (TPSA) is 102 Å². The number of rotatable bonds is 5. The number of esters is 1. The number of halogens is 1. The van der Waals surface area contributed by atoms with Crippen molar-refractivity contribution < 1.29 is 19.6 Å². The van der Waals surface area contributed by atoms with Gasteiger partial charge in [0, 0.05) is 34.4 Å². The summed E-state index contributed by atoms with van der Waals surface area (Å²) in [4.78, 5) is 26.9. The second-order valence-electron chi connectivity index (χ2n) is 6.08. The Morgan fingerprint density at radius 3 is 2.62 bits per heavy atom. The molecule has 0 aliphatic heterocycles. The molecule has 0 heterocycles. The molecule has 3 aromatic rings. The standard InChI is InChI=1S/C21H15BrN2O5/c1-13-6-8-15(24(27)28)10-19(13)23-12-14-7-9-16(11-20(14)25)29-21(26)17-4-2-3-5-18(17)22/h2-12,25H,1H3. The number of hydrogen-bond acceptors (Lipinski definition) is 6. The van der Waals surface area contributed by atoms with Gasteiger partial charge in [-0.25, -0.2) is 4.79 Å². The van der Waals surface area contributed by atoms with Crippen molar-refractivity contribution >= 4 is 39.5 Å². The number of nitrogens with zero attached hydrogens (tertiary/aromatic N) is 2. The number of hydrogen-bond donors (Lipinski definition) is 1. The van der Waals surface area contributed by atoms with Crippen LogP contribution in [0.4, 0.5) is 11.4 Å². The number of carbonyl (C=O) groups is 1. The van der Waals surface area contributed by atoms with E-state index in [0.717, 1.165) is 5.56 Å². The molecule has 3 rings (SSSR count). The number of non-ortho nitro benzene ring substituents is 1. The van der Waals surface area contributed by atoms with Gasteiger partial charge in [0.15, 0.2) is 0 Å². The van der Waals surface area contributed by atoms with E-state index in [4.69, 9.17) is 4.74 Å². The molecule has 1 N–H and O–H groups in total. The maximum absolute atomic E-state index is 12.3. The highest BCUT2D eigenvalue weighted by atomic mass is 79.9. The van der Waals surface area contributed by atoms with Gasteiger partial charge in [-0.15, -0.1) is 0 Å². The minimum absolute atomic E-state index is 0.0682. The van der Waals surface area contributed by atoms with Crippen LogP contribution in [0.2, 0.25) is 0 Å². The number of phenols is 1. The van der Waals surface area contributed by atoms with Crippen LogP contribution < -0.4 is 4.74 Å². The lowest BCUT2D eigenvalue weighted by Gasteiger charge is -2.07. The van der Waals surface area contributed by atoms with Crippen LogP contribution in [0.25, 0.3) is 0 Å². The van der Waals surface area contributed by atoms with Crippen molar-refractivity contribution in [2.45, 2.75) is 6.92 Å². The molecule has 7 nitrogen and oxygen atoms in total. The van der Waals surface area contributed by atoms with E-state index in [1.54, 1.807) is 37.3 Å². The summed E-state index contributed by atoms with van der Waals surface area (Å²) in [5, 5.41) is 21.1. The van der Waals surface area contributed by atoms with E-state index in [9.17, 15) is 20.0 Å². The third kappa shape index (κ3) is 4.85. The molecule has 3 aromatic carbocycles. The maximum atomic E-state index is 12.3. The Balaban J connectivity index is 1.79. The van der Waals surface area contributed by atoms with Crippen LogP contribution in [0.15, 0.2) is 70.1 Å². The van der Waals surface area contributed by atoms with E-state index >= 15 is 0 Å². The number of nitro groups is 1. The number of nitro benzene ring substituents is 1. The molecular formula is C21H15BrN2O5. The summed E-state index contributed by atoms with van der Waals surface area (Å²) in [6.07, 6.45) is 1.39. The molecule has 0 atom stereocenters. The van der Waals surface area contributed by atoms with Crippen LogP contribution in [-0.4, -0.2) is 22.2 Å². The van der Waals surface area contributed by atoms with Crippen LogP contribution in [-0.2, 0) is 0 Å². The van der Waals surface area contributed by atoms with Crippen molar-refractivity contribution in [2.24, 2.45) is 4.99 Å². The summed E-state index contributed by atoms with van der Waals surface area (Å²) in [5.74, 6) is -0.535. The fourth-order valence-electron chi connectivity index (χ4n) is 2.47. The lowest BCUT2D eigenvalue weighted by molar-refractivity contribution is -0.384. The van der Waals surface area contributed by atoms with E-state index in [2.05, 4.69) is 20.9 Å². The summed E-state index contributed by atoms with van der Waals surface area (Å²) >= 11 is 3.29. The van der Waals surface area contributed by atoms with Crippen molar-refractivity contribution in [3.63, 3.8) is 0 Å². The van der Waals surface area contributed by atoms with Crippen LogP contribution >= 0.6 is 15.9 Å². The Kier molecular flexibility index (Phi) is 6.04. The molecule has 0 aliphatic carbocycles. The first kappa shape index (κ1) is 20.2. The van der Waals surface area contributed by atoms with Gasteiger partial charge in [0.1, 0.15) is 11.5 Å². The van der Waals surface area contributed by atoms with Crippen LogP contribution in [0.1, 0.15) is 21.5 Å². The Morgan fingerprint density at radius 1 is 1.17 bits per heavy atom. The Morgan fingerprint density at radius 2 is 1.93 bits per heavy atom. The number of phenolic OH excluding ortho intramolecular Hbond substituents is 1. The normalized spacial score (nSPS) is 10.8. The molecule has 0 aromatic heterocycles. The van der Waals surface area contributed by atoms with Crippen LogP contribution in [0.3, 0.4) is 0 Å². The summed E-state index contributed by atoms with van der Waals surface area (Å²) in [5.41, 5.74) is 1.84. The van der Waals surface area contributed by atoms with Crippen molar-refractivity contribution in [2.75, 3.05) is 0 Å². The van der Waals surface area contributed by atoms with E-state index in [0.29, 0.717) is 21.3 Å². The minimum Gasteiger partial charge on any atom is -0.507 e. The number of aliphatic imine (C=N–C) groups is 1. The van der Waals surface area contributed by atoms with Gasteiger partial charge in [-0.1, -0.05) is 18.2 Å². The first-order valence-corrected chi connectivity index (χ1v) is 9.23. The lowest BCUT2D eigenvalue weighted by atomic mass is 10.1. The highest BCUT2D eigenvalue weighted by molar-refractivity contribution is 9.10. The molecule has 0 fully saturated rings. The SMILES string of the molecule is Cc1ccc([N+](=O)[O-])cc1N=Cc1ccc(OC(=O)c2ccccc2Br)cc1O. The Hall–Kier alpha value is -3.52. The molecule has 146 valence electrons. The molecule has 0 bridgehead atoms. The molecular weight excluding hydrogens is 440 g/mol. The molecule has 0 amide bonds. The first-order chi connectivity index (χ1) is 13.8. The fraction of sp³-hybridized carbons (Fsp3) is 0.0476. The summed E-state index contributed by atoms with van der Waals surface area (Å²) in [6.45, 7) is 1.78. The van der Waals surface area contributed by atoms with Gasteiger partial charge >= 0.3 is 5.97 Å². The highest BCUT2D eigenvalue weighted by Crippen LogP contribution is 2.27. The Labute approximate surface area is 174 Å². The zero-order valence-electron chi connectivity index (χ0n) is 15.2. The fourth-order valence-corrected chi connectivity index (χ4v) is 2.92. The second-order valence-corrected chi connectivity index (χ2v) is 6.93. The molecule has 8 heteroatoms. The molecule has 29 heavy (non-hydrogen) atoms. The monoisotopic (exact) mass is 454 g/mol. The summed E-state index contributed by atoms with van der Waals surface area (Å²) < 4.78 is 5.89. The molecule has 0 saturated carbocycles. The molecule has 0 spiro atoms. The van der Waals surface area contributed by atoms with Gasteiger partial charge in [0.25, 0.3) is 5.69 Å². The van der Waals surface area contributed by atoms with Gasteiger partial charge in [-0.05, 0) is 52.7 Å². The number of aromatic hydroxyl groups is 1. The molecule has 0 saturated heterocycles. The maximum Gasteiger partial charge on any atom is 0.344 e. The number of ether oxygens (including phenoxy) is 1. The van der Waals surface area contributed by atoms with Crippen molar-refractivity contribution in [3.05, 3.63) is 91.9 Å². The number of aryl methyl sites for hydroxylation is 1. The predicted octanol–water partition coefficient (Wildman–Crippen LogP) is 5.34. The van der Waals surface area contributed by atoms with Gasteiger partial charge in [0.05, 0.1) is 16.2 Å². The third-order valence-electron chi connectivity index (χ3n) is 4.05. The quantitative estimate of drug-likeness (QED) is 0.184. The van der Waals surface area contributed by atoms with Gasteiger partial charge in [-0.3, -0.25) is 15.1 Å². The van der Waals surface area contributed by atoms with Gasteiger partial charge < -0.3 is 9.84 Å². The van der Waals surface area contributed by atoms with Crippen LogP contribution in [0.5, 0.6) is 11.5 Å². The van der Waals surface area contributed by atoms with E-state index in [1.165, 1.54) is 36.5 Å². The van der Waals surface area contributed by atoms with E-state index in [-0.39, 0.29) is 17.2 Å². The minimum atomic E-state index is -0.564. The van der Waals surface area contributed by atoms with E-state index in [1.807, 2.05) is 0 Å². The second kappa shape index (κ2) is 8.66. The van der Waals surface area contributed by atoms with Gasteiger partial charge in [-0.2, -0.15) is 0 Å². The van der Waals surface area contributed by atoms with Crippen molar-refractivity contribution in [1.82, 2.24) is 0 Å².